The van der Waals surface area contributed by atoms with Crippen molar-refractivity contribution in [2.75, 3.05) is 6.61 Å². The van der Waals surface area contributed by atoms with Crippen LogP contribution in [0.1, 0.15) is 25.5 Å². The molecule has 17 heavy (non-hydrogen) atoms. The largest absolute Gasteiger partial charge is 0.411 e. The van der Waals surface area contributed by atoms with E-state index < -0.39 is 12.8 Å². The lowest BCUT2D eigenvalue weighted by Crippen LogP contribution is -2.17. The zero-order valence-electron chi connectivity index (χ0n) is 9.43. The van der Waals surface area contributed by atoms with E-state index in [0.717, 1.165) is 23.0 Å². The molecule has 0 fully saturated rings. The number of aromatic nitrogens is 2. The van der Waals surface area contributed by atoms with Crippen molar-refractivity contribution in [1.29, 1.82) is 0 Å². The Hall–Kier alpha value is -0.310. The first-order valence-electron chi connectivity index (χ1n) is 5.28. The van der Waals surface area contributed by atoms with Crippen LogP contribution in [-0.4, -0.2) is 22.6 Å². The van der Waals surface area contributed by atoms with E-state index in [0.29, 0.717) is 5.69 Å². The van der Waals surface area contributed by atoms with Crippen molar-refractivity contribution in [2.45, 2.75) is 39.1 Å². The van der Waals surface area contributed by atoms with Gasteiger partial charge >= 0.3 is 6.18 Å². The second kappa shape index (κ2) is 6.58. The van der Waals surface area contributed by atoms with Gasteiger partial charge in [-0.05, 0) is 29.0 Å². The first-order chi connectivity index (χ1) is 7.92. The fourth-order valence-corrected chi connectivity index (χ4v) is 1.82. The average molecular weight is 362 g/mol. The topological polar surface area (TPSA) is 27.1 Å². The third-order valence-corrected chi connectivity index (χ3v) is 2.93. The molecule has 0 unspecified atom stereocenters. The maximum Gasteiger partial charge on any atom is 0.411 e. The lowest BCUT2D eigenvalue weighted by Gasteiger charge is -2.06. The predicted octanol–water partition coefficient (Wildman–Crippen LogP) is 3.37. The fraction of sp³-hybridized carbons (Fsp3) is 0.700. The van der Waals surface area contributed by atoms with Crippen molar-refractivity contribution < 1.29 is 17.9 Å². The van der Waals surface area contributed by atoms with Crippen molar-refractivity contribution in [3.05, 3.63) is 15.5 Å². The minimum atomic E-state index is -4.28. The SMILES string of the molecule is CCCCn1cc(I)c(COCC(F)(F)F)n1. The highest BCUT2D eigenvalue weighted by Gasteiger charge is 2.27. The standard InChI is InChI=1S/C10H14F3IN2O/c1-2-3-4-16-5-8(14)9(15-16)6-17-7-10(11,12)13/h5H,2-4,6-7H2,1H3. The number of hydrogen-bond donors (Lipinski definition) is 0. The molecule has 0 saturated carbocycles. The van der Waals surface area contributed by atoms with Gasteiger partial charge in [-0.1, -0.05) is 13.3 Å². The van der Waals surface area contributed by atoms with Gasteiger partial charge in [0.1, 0.15) is 12.3 Å². The first-order valence-corrected chi connectivity index (χ1v) is 6.36. The van der Waals surface area contributed by atoms with Gasteiger partial charge in [0.05, 0.1) is 10.2 Å². The van der Waals surface area contributed by atoms with E-state index in [2.05, 4.69) is 16.8 Å². The number of aryl methyl sites for hydroxylation is 1. The van der Waals surface area contributed by atoms with E-state index in [4.69, 9.17) is 0 Å². The number of halogens is 4. The Balaban J connectivity index is 2.45. The van der Waals surface area contributed by atoms with Gasteiger partial charge in [0.25, 0.3) is 0 Å². The van der Waals surface area contributed by atoms with Crippen molar-refractivity contribution in [2.24, 2.45) is 0 Å². The van der Waals surface area contributed by atoms with Gasteiger partial charge < -0.3 is 4.74 Å². The molecule has 3 nitrogen and oxygen atoms in total. The lowest BCUT2D eigenvalue weighted by molar-refractivity contribution is -0.176. The maximum atomic E-state index is 11.9. The third-order valence-electron chi connectivity index (χ3n) is 2.03. The van der Waals surface area contributed by atoms with Crippen LogP contribution in [0, 0.1) is 3.57 Å². The van der Waals surface area contributed by atoms with E-state index >= 15 is 0 Å². The van der Waals surface area contributed by atoms with Crippen molar-refractivity contribution >= 4 is 22.6 Å². The van der Waals surface area contributed by atoms with Crippen molar-refractivity contribution in [3.8, 4) is 0 Å². The Bertz CT molecular complexity index is 352. The molecule has 0 aliphatic carbocycles. The van der Waals surface area contributed by atoms with Crippen molar-refractivity contribution in [3.63, 3.8) is 0 Å². The lowest BCUT2D eigenvalue weighted by atomic mass is 10.3. The molecule has 0 saturated heterocycles. The molecule has 0 atom stereocenters. The normalized spacial score (nSPS) is 12.1. The molecular formula is C10H14F3IN2O. The molecule has 98 valence electrons. The van der Waals surface area contributed by atoms with Gasteiger partial charge in [0.2, 0.25) is 0 Å². The summed E-state index contributed by atoms with van der Waals surface area (Å²) in [4.78, 5) is 0. The van der Waals surface area contributed by atoms with Gasteiger partial charge in [0.15, 0.2) is 0 Å². The third kappa shape index (κ3) is 5.71. The highest BCUT2D eigenvalue weighted by atomic mass is 127. The predicted molar refractivity (Wildman–Crippen MR) is 65.6 cm³/mol. The molecule has 1 aromatic rings. The monoisotopic (exact) mass is 362 g/mol. The van der Waals surface area contributed by atoms with Gasteiger partial charge in [-0.15, -0.1) is 0 Å². The van der Waals surface area contributed by atoms with Crippen LogP contribution in [0.5, 0.6) is 0 Å². The minimum absolute atomic E-state index is 0.100. The summed E-state index contributed by atoms with van der Waals surface area (Å²) >= 11 is 2.05. The molecule has 0 bridgehead atoms. The minimum Gasteiger partial charge on any atom is -0.366 e. The second-order valence-corrected chi connectivity index (χ2v) is 4.81. The van der Waals surface area contributed by atoms with E-state index in [1.807, 2.05) is 28.8 Å². The summed E-state index contributed by atoms with van der Waals surface area (Å²) in [6.45, 7) is 1.52. The van der Waals surface area contributed by atoms with Crippen molar-refractivity contribution in [1.82, 2.24) is 9.78 Å². The van der Waals surface area contributed by atoms with Crippen LogP contribution in [0.4, 0.5) is 13.2 Å². The maximum absolute atomic E-state index is 11.9. The van der Waals surface area contributed by atoms with Crippen LogP contribution < -0.4 is 0 Å². The Morgan fingerprint density at radius 2 is 2.18 bits per heavy atom. The molecule has 0 amide bonds. The molecular weight excluding hydrogens is 348 g/mol. The number of hydrogen-bond acceptors (Lipinski definition) is 2. The zero-order valence-corrected chi connectivity index (χ0v) is 11.6. The summed E-state index contributed by atoms with van der Waals surface area (Å²) in [5, 5.41) is 4.18. The van der Waals surface area contributed by atoms with Crippen LogP contribution in [0.25, 0.3) is 0 Å². The summed E-state index contributed by atoms with van der Waals surface area (Å²) in [6.07, 6.45) is -0.407. The number of nitrogens with zero attached hydrogens (tertiary/aromatic N) is 2. The molecule has 1 heterocycles. The van der Waals surface area contributed by atoms with Gasteiger partial charge in [-0.25, -0.2) is 0 Å². The van der Waals surface area contributed by atoms with E-state index in [-0.39, 0.29) is 6.61 Å². The van der Waals surface area contributed by atoms with Gasteiger partial charge in [-0.2, -0.15) is 18.3 Å². The second-order valence-electron chi connectivity index (χ2n) is 3.65. The molecule has 0 aromatic carbocycles. The van der Waals surface area contributed by atoms with Gasteiger partial charge in [-0.3, -0.25) is 4.68 Å². The summed E-state index contributed by atoms with van der Waals surface area (Å²) < 4.78 is 42.8. The Kier molecular flexibility index (Phi) is 5.71. The average Bonchev–Trinajstić information content (AvgIpc) is 2.55. The number of ether oxygens (including phenoxy) is 1. The number of rotatable bonds is 6. The molecule has 0 aliphatic rings. The molecule has 1 aromatic heterocycles. The molecule has 7 heteroatoms. The van der Waals surface area contributed by atoms with Crippen LogP contribution in [-0.2, 0) is 17.9 Å². The number of unbranched alkanes of at least 4 members (excludes halogenated alkanes) is 1. The van der Waals surface area contributed by atoms with Crippen LogP contribution in [0.3, 0.4) is 0 Å². The Morgan fingerprint density at radius 1 is 1.47 bits per heavy atom. The summed E-state index contributed by atoms with van der Waals surface area (Å²) in [7, 11) is 0. The number of alkyl halides is 3. The van der Waals surface area contributed by atoms with E-state index in [9.17, 15) is 13.2 Å². The Morgan fingerprint density at radius 3 is 2.76 bits per heavy atom. The molecule has 1 rings (SSSR count). The molecule has 0 spiro atoms. The summed E-state index contributed by atoms with van der Waals surface area (Å²) in [5.74, 6) is 0. The molecule has 0 N–H and O–H groups in total. The fourth-order valence-electron chi connectivity index (χ4n) is 1.23. The van der Waals surface area contributed by atoms with Crippen LogP contribution >= 0.6 is 22.6 Å². The molecule has 0 aliphatic heterocycles. The van der Waals surface area contributed by atoms with E-state index in [1.54, 1.807) is 4.68 Å². The molecule has 0 radical (unpaired) electrons. The zero-order chi connectivity index (χ0) is 12.9. The summed E-state index contributed by atoms with van der Waals surface area (Å²) in [5.41, 5.74) is 0.561. The van der Waals surface area contributed by atoms with E-state index in [1.165, 1.54) is 0 Å². The first kappa shape index (κ1) is 14.7. The smallest absolute Gasteiger partial charge is 0.366 e. The highest BCUT2D eigenvalue weighted by molar-refractivity contribution is 14.1. The van der Waals surface area contributed by atoms with Crippen LogP contribution in [0.2, 0.25) is 0 Å². The Labute approximate surface area is 111 Å². The van der Waals surface area contributed by atoms with Gasteiger partial charge in [0, 0.05) is 12.7 Å². The van der Waals surface area contributed by atoms with Crippen LogP contribution in [0.15, 0.2) is 6.20 Å². The summed E-state index contributed by atoms with van der Waals surface area (Å²) in [6, 6.07) is 0. The highest BCUT2D eigenvalue weighted by Crippen LogP contribution is 2.17. The quantitative estimate of drug-likeness (QED) is 0.726.